The highest BCUT2D eigenvalue weighted by Crippen LogP contribution is 2.30. The Hall–Kier alpha value is -3.06. The molecule has 3 N–H and O–H groups in total. The molecule has 3 aromatic rings. The summed E-state index contributed by atoms with van der Waals surface area (Å²) < 4.78 is 27.3. The minimum Gasteiger partial charge on any atom is -0.378 e. The van der Waals surface area contributed by atoms with E-state index < -0.39 is 10.0 Å². The number of piperidine rings is 1. The smallest absolute Gasteiger partial charge is 0.270 e. The molecule has 1 fully saturated rings. The third kappa shape index (κ3) is 7.75. The number of carbonyl (C=O) groups excluding carboxylic acids is 1. The number of nitrogens with one attached hydrogen (secondary N) is 3. The van der Waals surface area contributed by atoms with E-state index in [-0.39, 0.29) is 29.8 Å². The minimum absolute atomic E-state index is 0.0884. The first-order chi connectivity index (χ1) is 18.6. The fourth-order valence-electron chi connectivity index (χ4n) is 4.21. The van der Waals surface area contributed by atoms with Crippen molar-refractivity contribution in [3.8, 4) is 0 Å². The maximum absolute atomic E-state index is 12.6. The largest absolute Gasteiger partial charge is 0.378 e. The van der Waals surface area contributed by atoms with E-state index in [2.05, 4.69) is 42.3 Å². The number of sulfonamides is 1. The monoisotopic (exact) mass is 586 g/mol. The van der Waals surface area contributed by atoms with Crippen LogP contribution in [0.5, 0.6) is 0 Å². The van der Waals surface area contributed by atoms with Gasteiger partial charge in [-0.1, -0.05) is 17.7 Å². The molecule has 1 aliphatic heterocycles. The zero-order valence-corrected chi connectivity index (χ0v) is 24.8. The van der Waals surface area contributed by atoms with Crippen LogP contribution in [0.4, 0.5) is 11.4 Å². The van der Waals surface area contributed by atoms with Gasteiger partial charge in [0.25, 0.3) is 5.91 Å². The topological polar surface area (TPSA) is 107 Å². The molecule has 0 aliphatic carbocycles. The number of thiazole rings is 1. The average Bonchev–Trinajstić information content (AvgIpc) is 3.42. The number of amides is 1. The van der Waals surface area contributed by atoms with Crippen molar-refractivity contribution >= 4 is 56.0 Å². The van der Waals surface area contributed by atoms with Crippen LogP contribution in [0.2, 0.25) is 0 Å². The second-order valence-corrected chi connectivity index (χ2v) is 12.7. The van der Waals surface area contributed by atoms with Gasteiger partial charge in [-0.25, -0.2) is 18.1 Å². The van der Waals surface area contributed by atoms with Crippen LogP contribution < -0.4 is 20.3 Å². The standard InChI is InChI=1S/C27H34N6O3S3/c1-19-4-10-23(11-5-19)39(35,36)29-15-14-28-25(34)24-18-38-26(31-24)20-12-16-33(17-13-20)27(37)30-21-6-8-22(9-7-21)32(2)3/h4-11,18,20,29H,12-17H2,1-3H3,(H,28,34)(H,30,37). The van der Waals surface area contributed by atoms with Crippen LogP contribution in [0.25, 0.3) is 0 Å². The highest BCUT2D eigenvalue weighted by atomic mass is 32.2. The summed E-state index contributed by atoms with van der Waals surface area (Å²) >= 11 is 7.12. The summed E-state index contributed by atoms with van der Waals surface area (Å²) in [4.78, 5) is 21.6. The Kier molecular flexibility index (Phi) is 9.54. The number of likely N-dealkylation sites (tertiary alicyclic amines) is 1. The quantitative estimate of drug-likeness (QED) is 0.257. The first kappa shape index (κ1) is 28.9. The van der Waals surface area contributed by atoms with Crippen LogP contribution >= 0.6 is 23.6 Å². The molecular weight excluding hydrogens is 553 g/mol. The van der Waals surface area contributed by atoms with E-state index in [1.54, 1.807) is 29.6 Å². The third-order valence-corrected chi connectivity index (χ3v) is 9.40. The normalized spacial score (nSPS) is 14.2. The van der Waals surface area contributed by atoms with E-state index in [9.17, 15) is 13.2 Å². The lowest BCUT2D eigenvalue weighted by molar-refractivity contribution is 0.0949. The summed E-state index contributed by atoms with van der Waals surface area (Å²) in [6.45, 7) is 3.78. The molecule has 0 saturated carbocycles. The number of carbonyl (C=O) groups is 1. The number of hydrogen-bond donors (Lipinski definition) is 3. The molecule has 1 aliphatic rings. The Bertz CT molecular complexity index is 1380. The number of aromatic nitrogens is 1. The molecule has 4 rings (SSSR count). The summed E-state index contributed by atoms with van der Waals surface area (Å²) in [6.07, 6.45) is 1.80. The highest BCUT2D eigenvalue weighted by Gasteiger charge is 2.25. The molecular formula is C27H34N6O3S3. The molecule has 0 bridgehead atoms. The van der Waals surface area contributed by atoms with Crippen LogP contribution in [0.1, 0.15) is 39.8 Å². The zero-order chi connectivity index (χ0) is 28.0. The number of nitrogens with zero attached hydrogens (tertiary/aromatic N) is 3. The van der Waals surface area contributed by atoms with Gasteiger partial charge in [-0.05, 0) is 68.4 Å². The summed E-state index contributed by atoms with van der Waals surface area (Å²) in [5.41, 5.74) is 3.44. The lowest BCUT2D eigenvalue weighted by atomic mass is 9.98. The van der Waals surface area contributed by atoms with E-state index in [0.717, 1.165) is 47.9 Å². The van der Waals surface area contributed by atoms with E-state index in [0.29, 0.717) is 10.8 Å². The Morgan fingerprint density at radius 2 is 1.74 bits per heavy atom. The lowest BCUT2D eigenvalue weighted by Crippen LogP contribution is -2.40. The molecule has 2 aromatic carbocycles. The fraction of sp³-hybridized carbons (Fsp3) is 0.370. The highest BCUT2D eigenvalue weighted by molar-refractivity contribution is 7.89. The summed E-state index contributed by atoms with van der Waals surface area (Å²) in [6, 6.07) is 14.8. The van der Waals surface area contributed by atoms with Gasteiger partial charge in [-0.2, -0.15) is 0 Å². The van der Waals surface area contributed by atoms with Crippen LogP contribution in [-0.2, 0) is 10.0 Å². The Morgan fingerprint density at radius 3 is 2.38 bits per heavy atom. The molecule has 2 heterocycles. The van der Waals surface area contributed by atoms with Gasteiger partial charge in [-0.15, -0.1) is 11.3 Å². The SMILES string of the molecule is Cc1ccc(S(=O)(=O)NCCNC(=O)c2csc(C3CCN(C(=S)Nc4ccc(N(C)C)cc4)CC3)n2)cc1. The molecule has 1 saturated heterocycles. The molecule has 9 nitrogen and oxygen atoms in total. The van der Waals surface area contributed by atoms with Gasteiger partial charge in [0, 0.05) is 62.9 Å². The molecule has 39 heavy (non-hydrogen) atoms. The number of benzene rings is 2. The molecule has 0 radical (unpaired) electrons. The molecule has 1 amide bonds. The molecule has 0 atom stereocenters. The Morgan fingerprint density at radius 1 is 1.08 bits per heavy atom. The maximum atomic E-state index is 12.6. The minimum atomic E-state index is -3.62. The van der Waals surface area contributed by atoms with Gasteiger partial charge >= 0.3 is 0 Å². The zero-order valence-electron chi connectivity index (χ0n) is 22.3. The van der Waals surface area contributed by atoms with Gasteiger partial charge in [0.15, 0.2) is 5.11 Å². The van der Waals surface area contributed by atoms with Gasteiger partial charge in [0.2, 0.25) is 10.0 Å². The van der Waals surface area contributed by atoms with Crippen LogP contribution in [-0.4, -0.2) is 69.6 Å². The second kappa shape index (κ2) is 12.9. The third-order valence-electron chi connectivity index (χ3n) is 6.55. The van der Waals surface area contributed by atoms with E-state index in [1.807, 2.05) is 33.2 Å². The maximum Gasteiger partial charge on any atom is 0.270 e. The van der Waals surface area contributed by atoms with Crippen molar-refractivity contribution < 1.29 is 13.2 Å². The molecule has 0 unspecified atom stereocenters. The van der Waals surface area contributed by atoms with Crippen molar-refractivity contribution in [2.45, 2.75) is 30.6 Å². The van der Waals surface area contributed by atoms with E-state index in [4.69, 9.17) is 12.2 Å². The van der Waals surface area contributed by atoms with Crippen LogP contribution in [0.3, 0.4) is 0 Å². The number of rotatable bonds is 9. The van der Waals surface area contributed by atoms with Gasteiger partial charge in [0.1, 0.15) is 5.69 Å². The predicted molar refractivity (Wildman–Crippen MR) is 161 cm³/mol. The van der Waals surface area contributed by atoms with Crippen molar-refractivity contribution in [2.75, 3.05) is 50.5 Å². The molecule has 208 valence electrons. The first-order valence-electron chi connectivity index (χ1n) is 12.8. The summed E-state index contributed by atoms with van der Waals surface area (Å²) in [7, 11) is 0.402. The lowest BCUT2D eigenvalue weighted by Gasteiger charge is -2.33. The van der Waals surface area contributed by atoms with Gasteiger partial charge in [-0.3, -0.25) is 4.79 Å². The number of thiocarbonyl (C=S) groups is 1. The van der Waals surface area contributed by atoms with Crippen molar-refractivity contribution in [2.24, 2.45) is 0 Å². The number of aryl methyl sites for hydroxylation is 1. The second-order valence-electron chi connectivity index (χ2n) is 9.67. The van der Waals surface area contributed by atoms with E-state index in [1.165, 1.54) is 11.3 Å². The first-order valence-corrected chi connectivity index (χ1v) is 15.5. The van der Waals surface area contributed by atoms with Crippen molar-refractivity contribution in [1.29, 1.82) is 0 Å². The van der Waals surface area contributed by atoms with Crippen molar-refractivity contribution in [1.82, 2.24) is 19.9 Å². The van der Waals surface area contributed by atoms with Crippen LogP contribution in [0.15, 0.2) is 58.8 Å². The van der Waals surface area contributed by atoms with Crippen LogP contribution in [0, 0.1) is 6.92 Å². The van der Waals surface area contributed by atoms with E-state index >= 15 is 0 Å². The molecule has 0 spiro atoms. The Labute approximate surface area is 239 Å². The van der Waals surface area contributed by atoms with Gasteiger partial charge in [0.05, 0.1) is 9.90 Å². The van der Waals surface area contributed by atoms with Gasteiger partial charge < -0.3 is 20.4 Å². The summed E-state index contributed by atoms with van der Waals surface area (Å²) in [5, 5.41) is 9.49. The average molecular weight is 587 g/mol. The predicted octanol–water partition coefficient (Wildman–Crippen LogP) is 3.80. The number of hydrogen-bond acceptors (Lipinski definition) is 7. The molecule has 1 aromatic heterocycles. The summed E-state index contributed by atoms with van der Waals surface area (Å²) in [5.74, 6) is -0.0357. The fourth-order valence-corrected chi connectivity index (χ4v) is 6.51. The molecule has 12 heteroatoms. The van der Waals surface area contributed by atoms with Crippen molar-refractivity contribution in [3.05, 3.63) is 70.2 Å². The number of anilines is 2. The Balaban J connectivity index is 1.20. The van der Waals surface area contributed by atoms with Crippen molar-refractivity contribution in [3.63, 3.8) is 0 Å².